The van der Waals surface area contributed by atoms with E-state index in [0.29, 0.717) is 18.0 Å². The largest absolute Gasteiger partial charge is 0.491 e. The zero-order chi connectivity index (χ0) is 11.3. The summed E-state index contributed by atoms with van der Waals surface area (Å²) >= 11 is 0. The second-order valence-corrected chi connectivity index (χ2v) is 3.42. The van der Waals surface area contributed by atoms with E-state index in [1.807, 2.05) is 32.0 Å². The van der Waals surface area contributed by atoms with Crippen LogP contribution < -0.4 is 9.75 Å². The Morgan fingerprint density at radius 3 is 2.80 bits per heavy atom. The summed E-state index contributed by atoms with van der Waals surface area (Å²) in [5.41, 5.74) is 1.78. The lowest BCUT2D eigenvalue weighted by Gasteiger charge is -2.15. The molecule has 1 aromatic carbocycles. The molecule has 0 radical (unpaired) electrons. The molecule has 4 heteroatoms. The molecule has 15 heavy (non-hydrogen) atoms. The number of nitroso groups, excluding NO2 is 1. The maximum atomic E-state index is 10.5. The van der Waals surface area contributed by atoms with Crippen molar-refractivity contribution in [2.45, 2.75) is 20.3 Å². The zero-order valence-corrected chi connectivity index (χ0v) is 9.36. The van der Waals surface area contributed by atoms with E-state index in [2.05, 4.69) is 5.29 Å². The van der Waals surface area contributed by atoms with Gasteiger partial charge in [-0.05, 0) is 31.0 Å². The smallest absolute Gasteiger partial charge is 0.144 e. The van der Waals surface area contributed by atoms with Crippen LogP contribution in [0.25, 0.3) is 0 Å². The van der Waals surface area contributed by atoms with Crippen molar-refractivity contribution in [2.24, 2.45) is 5.29 Å². The number of nitrogens with zero attached hydrogens (tertiary/aromatic N) is 2. The van der Waals surface area contributed by atoms with Gasteiger partial charge in [0.25, 0.3) is 0 Å². The Balaban J connectivity index is 2.97. The summed E-state index contributed by atoms with van der Waals surface area (Å²) in [6.45, 7) is 4.64. The van der Waals surface area contributed by atoms with Gasteiger partial charge in [-0.25, -0.2) is 5.01 Å². The van der Waals surface area contributed by atoms with Gasteiger partial charge >= 0.3 is 0 Å². The minimum absolute atomic E-state index is 0.642. The molecule has 0 heterocycles. The summed E-state index contributed by atoms with van der Waals surface area (Å²) in [5, 5.41) is 4.15. The molecule has 1 rings (SSSR count). The Hall–Kier alpha value is -1.58. The fourth-order valence-corrected chi connectivity index (χ4v) is 1.26. The van der Waals surface area contributed by atoms with Crippen LogP contribution >= 0.6 is 0 Å². The van der Waals surface area contributed by atoms with Crippen LogP contribution in [0.15, 0.2) is 23.5 Å². The molecule has 0 N–H and O–H groups in total. The van der Waals surface area contributed by atoms with Crippen molar-refractivity contribution < 1.29 is 4.74 Å². The summed E-state index contributed by atoms with van der Waals surface area (Å²) < 4.78 is 5.52. The lowest BCUT2D eigenvalue weighted by atomic mass is 10.2. The molecular weight excluding hydrogens is 192 g/mol. The van der Waals surface area contributed by atoms with E-state index in [1.54, 1.807) is 7.05 Å². The molecule has 0 amide bonds. The molecular formula is C11H16N2O2. The molecule has 0 aromatic heterocycles. The number of anilines is 1. The van der Waals surface area contributed by atoms with Gasteiger partial charge in [-0.1, -0.05) is 13.0 Å². The third-order valence-electron chi connectivity index (χ3n) is 2.05. The van der Waals surface area contributed by atoms with Gasteiger partial charge in [0.2, 0.25) is 0 Å². The number of hydrogen-bond acceptors (Lipinski definition) is 3. The first-order valence-corrected chi connectivity index (χ1v) is 4.99. The fourth-order valence-electron chi connectivity index (χ4n) is 1.26. The molecule has 0 aliphatic carbocycles. The van der Waals surface area contributed by atoms with E-state index in [9.17, 15) is 4.91 Å². The molecule has 0 aliphatic rings. The third kappa shape index (κ3) is 2.94. The predicted molar refractivity (Wildman–Crippen MR) is 61.2 cm³/mol. The van der Waals surface area contributed by atoms with Gasteiger partial charge in [0.15, 0.2) is 0 Å². The standard InChI is InChI=1S/C11H16N2O2/c1-4-7-15-11-6-5-9(2)8-10(11)13(3)12-14/h5-6,8H,4,7H2,1-3H3. The van der Waals surface area contributed by atoms with Crippen LogP contribution in [-0.4, -0.2) is 13.7 Å². The molecule has 1 aromatic rings. The molecule has 0 saturated carbocycles. The number of rotatable bonds is 5. The summed E-state index contributed by atoms with van der Waals surface area (Å²) in [7, 11) is 1.61. The lowest BCUT2D eigenvalue weighted by molar-refractivity contribution is 0.318. The summed E-state index contributed by atoms with van der Waals surface area (Å²) in [6.07, 6.45) is 0.936. The monoisotopic (exact) mass is 208 g/mol. The highest BCUT2D eigenvalue weighted by Gasteiger charge is 2.08. The minimum Gasteiger partial charge on any atom is -0.491 e. The van der Waals surface area contributed by atoms with Gasteiger partial charge in [0.1, 0.15) is 11.4 Å². The Labute approximate surface area is 89.8 Å². The SMILES string of the molecule is CCCOc1ccc(C)cc1N(C)N=O. The summed E-state index contributed by atoms with van der Waals surface area (Å²) in [4.78, 5) is 10.5. The Morgan fingerprint density at radius 1 is 1.47 bits per heavy atom. The molecule has 0 atom stereocenters. The van der Waals surface area contributed by atoms with Crippen molar-refractivity contribution in [1.82, 2.24) is 0 Å². The average Bonchev–Trinajstić information content (AvgIpc) is 2.26. The molecule has 0 saturated heterocycles. The number of aryl methyl sites for hydroxylation is 1. The molecule has 0 aliphatic heterocycles. The van der Waals surface area contributed by atoms with E-state index in [0.717, 1.165) is 12.0 Å². The van der Waals surface area contributed by atoms with Gasteiger partial charge in [-0.15, -0.1) is 4.91 Å². The predicted octanol–water partition coefficient (Wildman–Crippen LogP) is 2.90. The van der Waals surface area contributed by atoms with Crippen LogP contribution in [0.3, 0.4) is 0 Å². The van der Waals surface area contributed by atoms with Crippen LogP contribution in [0.1, 0.15) is 18.9 Å². The zero-order valence-electron chi connectivity index (χ0n) is 9.36. The molecule has 82 valence electrons. The first-order chi connectivity index (χ1) is 7.19. The molecule has 0 spiro atoms. The van der Waals surface area contributed by atoms with E-state index in [1.165, 1.54) is 5.01 Å². The first-order valence-electron chi connectivity index (χ1n) is 4.99. The van der Waals surface area contributed by atoms with Gasteiger partial charge in [0, 0.05) is 7.05 Å². The number of benzene rings is 1. The van der Waals surface area contributed by atoms with Gasteiger partial charge in [-0.2, -0.15) is 0 Å². The van der Waals surface area contributed by atoms with Gasteiger partial charge in [0.05, 0.1) is 11.9 Å². The van der Waals surface area contributed by atoms with Crippen molar-refractivity contribution in [3.8, 4) is 5.75 Å². The molecule has 0 unspecified atom stereocenters. The highest BCUT2D eigenvalue weighted by atomic mass is 16.5. The van der Waals surface area contributed by atoms with Crippen molar-refractivity contribution in [2.75, 3.05) is 18.7 Å². The van der Waals surface area contributed by atoms with Crippen LogP contribution in [0.2, 0.25) is 0 Å². The second kappa shape index (κ2) is 5.34. The molecule has 0 fully saturated rings. The quantitative estimate of drug-likeness (QED) is 0.552. The summed E-state index contributed by atoms with van der Waals surface area (Å²) in [6, 6.07) is 5.70. The van der Waals surface area contributed by atoms with E-state index in [4.69, 9.17) is 4.74 Å². The van der Waals surface area contributed by atoms with Crippen LogP contribution in [-0.2, 0) is 0 Å². The fraction of sp³-hybridized carbons (Fsp3) is 0.455. The van der Waals surface area contributed by atoms with E-state index in [-0.39, 0.29) is 0 Å². The Kier molecular flexibility index (Phi) is 4.09. The third-order valence-corrected chi connectivity index (χ3v) is 2.05. The summed E-state index contributed by atoms with van der Waals surface area (Å²) in [5.74, 6) is 0.699. The second-order valence-electron chi connectivity index (χ2n) is 3.42. The average molecular weight is 208 g/mol. The number of hydrogen-bond donors (Lipinski definition) is 0. The minimum atomic E-state index is 0.642. The number of ether oxygens (including phenoxy) is 1. The highest BCUT2D eigenvalue weighted by Crippen LogP contribution is 2.28. The van der Waals surface area contributed by atoms with Crippen LogP contribution in [0, 0.1) is 11.8 Å². The van der Waals surface area contributed by atoms with Gasteiger partial charge in [-0.3, -0.25) is 0 Å². The lowest BCUT2D eigenvalue weighted by Crippen LogP contribution is -2.09. The van der Waals surface area contributed by atoms with E-state index >= 15 is 0 Å². The normalized spacial score (nSPS) is 9.80. The van der Waals surface area contributed by atoms with Crippen LogP contribution in [0.4, 0.5) is 5.69 Å². The van der Waals surface area contributed by atoms with Crippen molar-refractivity contribution in [1.29, 1.82) is 0 Å². The first kappa shape index (κ1) is 11.5. The Morgan fingerprint density at radius 2 is 2.20 bits per heavy atom. The topological polar surface area (TPSA) is 41.9 Å². The van der Waals surface area contributed by atoms with Crippen molar-refractivity contribution in [3.05, 3.63) is 28.7 Å². The highest BCUT2D eigenvalue weighted by molar-refractivity contribution is 5.58. The van der Waals surface area contributed by atoms with Crippen molar-refractivity contribution >= 4 is 5.69 Å². The molecule has 0 bridgehead atoms. The van der Waals surface area contributed by atoms with Gasteiger partial charge < -0.3 is 4.74 Å². The Bertz CT molecular complexity index is 339. The van der Waals surface area contributed by atoms with Crippen molar-refractivity contribution in [3.63, 3.8) is 0 Å². The maximum absolute atomic E-state index is 10.5. The molecule has 4 nitrogen and oxygen atoms in total. The van der Waals surface area contributed by atoms with Crippen LogP contribution in [0.5, 0.6) is 5.75 Å². The maximum Gasteiger partial charge on any atom is 0.144 e. The van der Waals surface area contributed by atoms with E-state index < -0.39 is 0 Å².